The minimum absolute atomic E-state index is 0.00846. The summed E-state index contributed by atoms with van der Waals surface area (Å²) in [5, 5.41) is 20.6. The SMILES string of the molecule is C[C@@H]([C@H]1CC[C@H]2[C@@H]3CC=C4C[C@](O)(C(F)(F)F)CC[C@]4(C)[C@H]3CC[C@]12C)[C@H](O)C(C)(F)F. The van der Waals surface area contributed by atoms with Gasteiger partial charge in [-0.15, -0.1) is 0 Å². The second-order valence-electron chi connectivity index (χ2n) is 12.0. The lowest BCUT2D eigenvalue weighted by Crippen LogP contribution is -2.56. The summed E-state index contributed by atoms with van der Waals surface area (Å²) in [4.78, 5) is 0. The van der Waals surface area contributed by atoms with Crippen LogP contribution in [0.25, 0.3) is 0 Å². The van der Waals surface area contributed by atoms with Gasteiger partial charge in [-0.05, 0) is 85.4 Å². The molecule has 0 aromatic heterocycles. The number of halogens is 5. The Morgan fingerprint density at radius 2 is 1.66 bits per heavy atom. The maximum absolute atomic E-state index is 13.9. The molecule has 7 heteroatoms. The Balaban J connectivity index is 1.59. The van der Waals surface area contributed by atoms with Gasteiger partial charge < -0.3 is 10.2 Å². The standard InChI is InChI=1S/C25H37F5O2/c1-14(20(31)23(4,26)27)17-7-8-18-16-6-5-15-13-24(32,25(28,29)30)12-11-21(15,2)19(16)9-10-22(17,18)3/h5,14,16-20,31-32H,6-13H2,1-4H3/t14-,16-,17+,18-,19-,20-,21-,22+,24-/m0/s1. The summed E-state index contributed by atoms with van der Waals surface area (Å²) in [6.45, 7) is 6.78. The lowest BCUT2D eigenvalue weighted by atomic mass is 9.46. The molecular formula is C25H37F5O2. The van der Waals surface area contributed by atoms with Crippen LogP contribution in [0.5, 0.6) is 0 Å². The van der Waals surface area contributed by atoms with Gasteiger partial charge in [-0.1, -0.05) is 32.4 Å². The average Bonchev–Trinajstić information content (AvgIpc) is 3.03. The van der Waals surface area contributed by atoms with Crippen molar-refractivity contribution in [2.24, 2.45) is 40.4 Å². The fourth-order valence-corrected chi connectivity index (χ4v) is 8.47. The van der Waals surface area contributed by atoms with Gasteiger partial charge in [0.1, 0.15) is 6.10 Å². The van der Waals surface area contributed by atoms with E-state index < -0.39 is 29.7 Å². The highest BCUT2D eigenvalue weighted by atomic mass is 19.4. The Morgan fingerprint density at radius 1 is 1.00 bits per heavy atom. The molecule has 0 aromatic carbocycles. The van der Waals surface area contributed by atoms with Crippen LogP contribution in [0.4, 0.5) is 22.0 Å². The van der Waals surface area contributed by atoms with Gasteiger partial charge in [0.15, 0.2) is 5.60 Å². The molecule has 9 atom stereocenters. The molecule has 4 rings (SSSR count). The van der Waals surface area contributed by atoms with E-state index in [4.69, 9.17) is 0 Å². The predicted octanol–water partition coefficient (Wildman–Crippen LogP) is 6.51. The summed E-state index contributed by atoms with van der Waals surface area (Å²) in [5.74, 6) is -2.75. The van der Waals surface area contributed by atoms with Crippen LogP contribution in [0.1, 0.15) is 79.1 Å². The number of aliphatic hydroxyl groups excluding tert-OH is 1. The van der Waals surface area contributed by atoms with E-state index in [1.807, 2.05) is 6.08 Å². The van der Waals surface area contributed by atoms with Crippen LogP contribution in [0.3, 0.4) is 0 Å². The molecular weight excluding hydrogens is 427 g/mol. The van der Waals surface area contributed by atoms with Gasteiger partial charge >= 0.3 is 6.18 Å². The number of fused-ring (bicyclic) bond motifs is 5. The molecule has 2 nitrogen and oxygen atoms in total. The molecule has 0 radical (unpaired) electrons. The molecule has 4 aliphatic carbocycles. The van der Waals surface area contributed by atoms with Crippen LogP contribution < -0.4 is 0 Å². The topological polar surface area (TPSA) is 40.5 Å². The fraction of sp³-hybridized carbons (Fsp3) is 0.920. The molecule has 3 fully saturated rings. The molecule has 4 aliphatic rings. The normalized spacial score (nSPS) is 46.5. The van der Waals surface area contributed by atoms with Crippen molar-refractivity contribution in [3.05, 3.63) is 11.6 Å². The first-order valence-corrected chi connectivity index (χ1v) is 12.1. The molecule has 2 N–H and O–H groups in total. The van der Waals surface area contributed by atoms with Crippen molar-refractivity contribution >= 4 is 0 Å². The van der Waals surface area contributed by atoms with Crippen molar-refractivity contribution in [2.75, 3.05) is 0 Å². The molecule has 0 unspecified atom stereocenters. The summed E-state index contributed by atoms with van der Waals surface area (Å²) in [7, 11) is 0. The predicted molar refractivity (Wildman–Crippen MR) is 112 cm³/mol. The van der Waals surface area contributed by atoms with Crippen molar-refractivity contribution < 1.29 is 32.2 Å². The summed E-state index contributed by atoms with van der Waals surface area (Å²) in [5.41, 5.74) is -2.38. The van der Waals surface area contributed by atoms with E-state index in [9.17, 15) is 32.2 Å². The first-order valence-electron chi connectivity index (χ1n) is 12.1. The lowest BCUT2D eigenvalue weighted by Gasteiger charge is -2.59. The zero-order valence-electron chi connectivity index (χ0n) is 19.5. The Bertz CT molecular complexity index is 773. The number of hydrogen-bond acceptors (Lipinski definition) is 2. The molecule has 0 aromatic rings. The van der Waals surface area contributed by atoms with E-state index in [-0.39, 0.29) is 35.5 Å². The van der Waals surface area contributed by atoms with Gasteiger partial charge in [-0.3, -0.25) is 0 Å². The lowest BCUT2D eigenvalue weighted by molar-refractivity contribution is -0.271. The molecule has 0 amide bonds. The maximum Gasteiger partial charge on any atom is 0.417 e. The highest BCUT2D eigenvalue weighted by Gasteiger charge is 2.64. The third-order valence-electron chi connectivity index (χ3n) is 10.4. The summed E-state index contributed by atoms with van der Waals surface area (Å²) >= 11 is 0. The van der Waals surface area contributed by atoms with Gasteiger partial charge in [0.05, 0.1) is 0 Å². The van der Waals surface area contributed by atoms with E-state index >= 15 is 0 Å². The maximum atomic E-state index is 13.9. The quantitative estimate of drug-likeness (QED) is 0.369. The fourth-order valence-electron chi connectivity index (χ4n) is 8.47. The van der Waals surface area contributed by atoms with Gasteiger partial charge in [-0.25, -0.2) is 8.78 Å². The van der Waals surface area contributed by atoms with Gasteiger partial charge in [-0.2, -0.15) is 13.2 Å². The van der Waals surface area contributed by atoms with Crippen molar-refractivity contribution in [3.63, 3.8) is 0 Å². The van der Waals surface area contributed by atoms with Crippen molar-refractivity contribution in [1.29, 1.82) is 0 Å². The summed E-state index contributed by atoms with van der Waals surface area (Å²) in [6.07, 6.45) is -0.516. The van der Waals surface area contributed by atoms with E-state index in [1.165, 1.54) is 0 Å². The van der Waals surface area contributed by atoms with Crippen molar-refractivity contribution in [2.45, 2.75) is 103 Å². The van der Waals surface area contributed by atoms with E-state index in [2.05, 4.69) is 13.8 Å². The van der Waals surface area contributed by atoms with Crippen LogP contribution in [0.15, 0.2) is 11.6 Å². The third kappa shape index (κ3) is 3.47. The van der Waals surface area contributed by atoms with Crippen LogP contribution in [-0.2, 0) is 0 Å². The Labute approximate surface area is 187 Å². The van der Waals surface area contributed by atoms with Crippen molar-refractivity contribution in [1.82, 2.24) is 0 Å². The summed E-state index contributed by atoms with van der Waals surface area (Å²) in [6, 6.07) is 0. The number of allylic oxidation sites excluding steroid dienone is 1. The number of alkyl halides is 5. The highest BCUT2D eigenvalue weighted by molar-refractivity contribution is 5.28. The average molecular weight is 465 g/mol. The smallest absolute Gasteiger partial charge is 0.387 e. The van der Waals surface area contributed by atoms with Gasteiger partial charge in [0.2, 0.25) is 0 Å². The molecule has 3 saturated carbocycles. The van der Waals surface area contributed by atoms with E-state index in [0.29, 0.717) is 24.7 Å². The second kappa shape index (κ2) is 7.40. The van der Waals surface area contributed by atoms with Crippen LogP contribution >= 0.6 is 0 Å². The Kier molecular flexibility index (Phi) is 5.65. The number of aliphatic hydroxyl groups is 2. The molecule has 0 bridgehead atoms. The number of hydrogen-bond donors (Lipinski definition) is 2. The first-order chi connectivity index (χ1) is 14.5. The van der Waals surface area contributed by atoms with Crippen LogP contribution in [0.2, 0.25) is 0 Å². The second-order valence-corrected chi connectivity index (χ2v) is 12.0. The molecule has 32 heavy (non-hydrogen) atoms. The van der Waals surface area contributed by atoms with Gasteiger partial charge in [0, 0.05) is 13.3 Å². The third-order valence-corrected chi connectivity index (χ3v) is 10.4. The monoisotopic (exact) mass is 464 g/mol. The summed E-state index contributed by atoms with van der Waals surface area (Å²) < 4.78 is 68.2. The zero-order chi connectivity index (χ0) is 23.9. The van der Waals surface area contributed by atoms with Crippen LogP contribution in [-0.4, -0.2) is 34.0 Å². The molecule has 0 saturated heterocycles. The highest BCUT2D eigenvalue weighted by Crippen LogP contribution is 2.68. The Morgan fingerprint density at radius 3 is 2.25 bits per heavy atom. The number of rotatable bonds is 3. The molecule has 184 valence electrons. The largest absolute Gasteiger partial charge is 0.417 e. The first kappa shape index (κ1) is 24.4. The minimum Gasteiger partial charge on any atom is -0.387 e. The molecule has 0 aliphatic heterocycles. The van der Waals surface area contributed by atoms with Crippen LogP contribution in [0, 0.1) is 40.4 Å². The van der Waals surface area contributed by atoms with Crippen molar-refractivity contribution in [3.8, 4) is 0 Å². The Hall–Kier alpha value is -0.690. The van der Waals surface area contributed by atoms with E-state index in [1.54, 1.807) is 6.92 Å². The minimum atomic E-state index is -4.63. The van der Waals surface area contributed by atoms with Gasteiger partial charge in [0.25, 0.3) is 5.92 Å². The molecule has 0 spiro atoms. The zero-order valence-corrected chi connectivity index (χ0v) is 19.5. The van der Waals surface area contributed by atoms with E-state index in [0.717, 1.165) is 38.2 Å². The molecule has 0 heterocycles.